The number of aliphatic hydroxyl groups excluding tert-OH is 1. The molecule has 0 saturated heterocycles. The van der Waals surface area contributed by atoms with E-state index >= 15 is 0 Å². The third-order valence-electron chi connectivity index (χ3n) is 4.73. The highest BCUT2D eigenvalue weighted by Gasteiger charge is 2.22. The van der Waals surface area contributed by atoms with Crippen molar-refractivity contribution in [1.82, 2.24) is 4.57 Å². The summed E-state index contributed by atoms with van der Waals surface area (Å²) in [7, 11) is 0. The maximum Gasteiger partial charge on any atom is 0.404 e. The zero-order valence-corrected chi connectivity index (χ0v) is 19.0. The lowest BCUT2D eigenvalue weighted by atomic mass is 10.1. The van der Waals surface area contributed by atoms with E-state index in [1.807, 2.05) is 0 Å². The highest BCUT2D eigenvalue weighted by molar-refractivity contribution is 9.10. The lowest BCUT2D eigenvalue weighted by molar-refractivity contribution is 0.0725. The molecule has 1 unspecified atom stereocenters. The smallest absolute Gasteiger partial charge is 0.404 e. The van der Waals surface area contributed by atoms with E-state index in [2.05, 4.69) is 20.7 Å². The molecule has 3 rings (SSSR count). The van der Waals surface area contributed by atoms with Gasteiger partial charge < -0.3 is 20.3 Å². The number of aliphatic hydroxyl groups is 1. The van der Waals surface area contributed by atoms with Gasteiger partial charge in [-0.05, 0) is 52.7 Å². The number of pyridine rings is 1. The summed E-state index contributed by atoms with van der Waals surface area (Å²) < 4.78 is 67.0. The predicted molar refractivity (Wildman–Crippen MR) is 116 cm³/mol. The molecule has 0 aliphatic carbocycles. The van der Waals surface area contributed by atoms with E-state index in [1.54, 1.807) is 0 Å². The van der Waals surface area contributed by atoms with E-state index in [-0.39, 0.29) is 33.6 Å². The highest BCUT2D eigenvalue weighted by Crippen LogP contribution is 2.28. The van der Waals surface area contributed by atoms with Gasteiger partial charge in [0.25, 0.3) is 5.56 Å². The number of aromatic nitrogens is 1. The minimum absolute atomic E-state index is 0.0288. The van der Waals surface area contributed by atoms with Crippen LogP contribution in [0.15, 0.2) is 45.7 Å². The minimum Gasteiger partial charge on any atom is -0.487 e. The van der Waals surface area contributed by atoms with Gasteiger partial charge in [0.2, 0.25) is 0 Å². The molecule has 180 valence electrons. The predicted octanol–water partition coefficient (Wildman–Crippen LogP) is 4.17. The summed E-state index contributed by atoms with van der Waals surface area (Å²) in [5, 5.41) is 9.95. The van der Waals surface area contributed by atoms with Crippen LogP contribution in [0.5, 0.6) is 5.75 Å². The maximum absolute atomic E-state index is 14.8. The van der Waals surface area contributed by atoms with Crippen molar-refractivity contribution in [3.8, 4) is 11.4 Å². The van der Waals surface area contributed by atoms with Crippen molar-refractivity contribution in [3.63, 3.8) is 0 Å². The van der Waals surface area contributed by atoms with Gasteiger partial charge in [-0.1, -0.05) is 0 Å². The van der Waals surface area contributed by atoms with Crippen LogP contribution < -0.4 is 16.0 Å². The molecular formula is C22H17BrF4N2O5. The Labute approximate surface area is 198 Å². The summed E-state index contributed by atoms with van der Waals surface area (Å²) in [5.41, 5.74) is 3.07. The number of primary amides is 1. The number of ether oxygens (including phenoxy) is 2. The normalized spacial score (nSPS) is 11.9. The van der Waals surface area contributed by atoms with Gasteiger partial charge in [-0.15, -0.1) is 0 Å². The summed E-state index contributed by atoms with van der Waals surface area (Å²) in [6.45, 7) is 0.427. The molecular weight excluding hydrogens is 528 g/mol. The standard InChI is InChI=1S/C22H17BrF4N2O5/c1-10-4-18(33-8-11-2-3-13(24)7-14(11)25)19(23)21(31)29(10)20-15(26)5-12(6-16(20)27)17(30)9-34-22(28)32/h2-7,17,30H,8-9H2,1H3,(H2,28,32). The molecule has 7 nitrogen and oxygen atoms in total. The lowest BCUT2D eigenvalue weighted by Crippen LogP contribution is -2.24. The van der Waals surface area contributed by atoms with Gasteiger partial charge in [0.05, 0.1) is 0 Å². The van der Waals surface area contributed by atoms with Crippen LogP contribution in [0.1, 0.15) is 22.9 Å². The molecule has 0 saturated carbocycles. The summed E-state index contributed by atoms with van der Waals surface area (Å²) in [4.78, 5) is 23.5. The van der Waals surface area contributed by atoms with Crippen molar-refractivity contribution in [1.29, 1.82) is 0 Å². The number of nitrogens with zero attached hydrogens (tertiary/aromatic N) is 1. The number of benzene rings is 2. The van der Waals surface area contributed by atoms with E-state index in [4.69, 9.17) is 10.5 Å². The van der Waals surface area contributed by atoms with Gasteiger partial charge >= 0.3 is 6.09 Å². The average Bonchev–Trinajstić information content (AvgIpc) is 2.76. The number of hydrogen-bond donors (Lipinski definition) is 2. The number of rotatable bonds is 7. The molecule has 3 N–H and O–H groups in total. The number of carbonyl (C=O) groups is 1. The molecule has 0 aliphatic rings. The summed E-state index contributed by atoms with van der Waals surface area (Å²) in [6, 6.07) is 5.79. The zero-order valence-electron chi connectivity index (χ0n) is 17.5. The second-order valence-electron chi connectivity index (χ2n) is 7.11. The third-order valence-corrected chi connectivity index (χ3v) is 5.46. The fourth-order valence-electron chi connectivity index (χ4n) is 3.11. The number of nitrogens with two attached hydrogens (primary N) is 1. The van der Waals surface area contributed by atoms with Gasteiger partial charge in [-0.3, -0.25) is 9.36 Å². The molecule has 0 fully saturated rings. The molecule has 3 aromatic rings. The van der Waals surface area contributed by atoms with E-state index in [0.717, 1.165) is 22.8 Å². The highest BCUT2D eigenvalue weighted by atomic mass is 79.9. The van der Waals surface area contributed by atoms with E-state index in [9.17, 15) is 32.3 Å². The number of carbonyl (C=O) groups excluding carboxylic acids is 1. The number of aryl methyl sites for hydroxylation is 1. The van der Waals surface area contributed by atoms with Crippen LogP contribution in [-0.2, 0) is 11.3 Å². The van der Waals surface area contributed by atoms with Gasteiger partial charge in [0, 0.05) is 23.4 Å². The largest absolute Gasteiger partial charge is 0.487 e. The first-order valence-corrected chi connectivity index (χ1v) is 10.4. The first kappa shape index (κ1) is 25.2. The number of amides is 1. The van der Waals surface area contributed by atoms with Crippen molar-refractivity contribution in [2.75, 3.05) is 6.61 Å². The third kappa shape index (κ3) is 5.39. The summed E-state index contributed by atoms with van der Waals surface area (Å²) in [6.07, 6.45) is -2.73. The van der Waals surface area contributed by atoms with Crippen LogP contribution in [0.25, 0.3) is 5.69 Å². The van der Waals surface area contributed by atoms with Crippen molar-refractivity contribution in [2.45, 2.75) is 19.6 Å². The van der Waals surface area contributed by atoms with Crippen LogP contribution in [0, 0.1) is 30.2 Å². The molecule has 1 amide bonds. The van der Waals surface area contributed by atoms with Crippen LogP contribution in [0.3, 0.4) is 0 Å². The first-order chi connectivity index (χ1) is 16.0. The molecule has 0 aliphatic heterocycles. The Balaban J connectivity index is 1.94. The van der Waals surface area contributed by atoms with Gasteiger partial charge in [0.15, 0.2) is 11.6 Å². The molecule has 0 spiro atoms. The Morgan fingerprint density at radius 1 is 1.12 bits per heavy atom. The van der Waals surface area contributed by atoms with Gasteiger partial charge in [0.1, 0.15) is 46.9 Å². The van der Waals surface area contributed by atoms with Crippen LogP contribution in [-0.4, -0.2) is 22.4 Å². The Morgan fingerprint density at radius 3 is 2.35 bits per heavy atom. The quantitative estimate of drug-likeness (QED) is 0.434. The lowest BCUT2D eigenvalue weighted by Gasteiger charge is -2.17. The first-order valence-electron chi connectivity index (χ1n) is 9.58. The van der Waals surface area contributed by atoms with Gasteiger partial charge in [-0.2, -0.15) is 0 Å². The molecule has 1 heterocycles. The van der Waals surface area contributed by atoms with Crippen LogP contribution in [0.4, 0.5) is 22.4 Å². The second-order valence-corrected chi connectivity index (χ2v) is 7.90. The molecule has 34 heavy (non-hydrogen) atoms. The average molecular weight is 545 g/mol. The molecule has 1 aromatic heterocycles. The second kappa shape index (κ2) is 10.3. The molecule has 1 atom stereocenters. The Kier molecular flexibility index (Phi) is 7.62. The van der Waals surface area contributed by atoms with Crippen LogP contribution in [0.2, 0.25) is 0 Å². The topological polar surface area (TPSA) is 104 Å². The van der Waals surface area contributed by atoms with Crippen molar-refractivity contribution < 1.29 is 36.9 Å². The van der Waals surface area contributed by atoms with E-state index in [1.165, 1.54) is 19.1 Å². The van der Waals surface area contributed by atoms with Crippen molar-refractivity contribution in [2.24, 2.45) is 5.73 Å². The molecule has 2 aromatic carbocycles. The Hall–Kier alpha value is -3.38. The van der Waals surface area contributed by atoms with Crippen molar-refractivity contribution in [3.05, 3.63) is 91.3 Å². The van der Waals surface area contributed by atoms with E-state index in [0.29, 0.717) is 6.07 Å². The fourth-order valence-corrected chi connectivity index (χ4v) is 3.51. The number of halogens is 5. The molecule has 12 heteroatoms. The minimum atomic E-state index is -1.56. The van der Waals surface area contributed by atoms with Gasteiger partial charge in [-0.25, -0.2) is 22.4 Å². The fraction of sp³-hybridized carbons (Fsp3) is 0.182. The maximum atomic E-state index is 14.8. The number of hydrogen-bond acceptors (Lipinski definition) is 5. The summed E-state index contributed by atoms with van der Waals surface area (Å²) in [5.74, 6) is -3.98. The Morgan fingerprint density at radius 2 is 1.76 bits per heavy atom. The summed E-state index contributed by atoms with van der Waals surface area (Å²) >= 11 is 3.03. The Bertz CT molecular complexity index is 1290. The monoisotopic (exact) mass is 544 g/mol. The SMILES string of the molecule is Cc1cc(OCc2ccc(F)cc2F)c(Br)c(=O)n1-c1c(F)cc(C(O)COC(N)=O)cc1F. The van der Waals surface area contributed by atoms with E-state index < -0.39 is 53.3 Å². The van der Waals surface area contributed by atoms with Crippen molar-refractivity contribution >= 4 is 22.0 Å². The molecule has 0 radical (unpaired) electrons. The zero-order chi connectivity index (χ0) is 25.2. The molecule has 0 bridgehead atoms. The van der Waals surface area contributed by atoms with Crippen LogP contribution >= 0.6 is 15.9 Å².